The SMILES string of the molecule is Cc1cccc(N(c2ccc(/C=C/c3ccc(C)cc3C)cc2)c2cccc(C)c2)c1. The molecule has 0 spiro atoms. The van der Waals surface area contributed by atoms with Crippen LogP contribution in [0.1, 0.15) is 33.4 Å². The lowest BCUT2D eigenvalue weighted by molar-refractivity contribution is 1.26. The number of hydrogen-bond acceptors (Lipinski definition) is 1. The molecule has 0 saturated carbocycles. The van der Waals surface area contributed by atoms with Gasteiger partial charge in [-0.1, -0.05) is 72.3 Å². The topological polar surface area (TPSA) is 3.24 Å². The van der Waals surface area contributed by atoms with Gasteiger partial charge in [0.05, 0.1) is 0 Å². The van der Waals surface area contributed by atoms with Gasteiger partial charge in [-0.2, -0.15) is 0 Å². The summed E-state index contributed by atoms with van der Waals surface area (Å²) >= 11 is 0. The second kappa shape index (κ2) is 9.06. The van der Waals surface area contributed by atoms with Crippen molar-refractivity contribution in [3.05, 3.63) is 124 Å². The van der Waals surface area contributed by atoms with E-state index in [1.165, 1.54) is 44.8 Å². The van der Waals surface area contributed by atoms with Gasteiger partial charge < -0.3 is 4.90 Å². The van der Waals surface area contributed by atoms with Crippen molar-refractivity contribution in [1.82, 2.24) is 0 Å². The summed E-state index contributed by atoms with van der Waals surface area (Å²) in [7, 11) is 0. The highest BCUT2D eigenvalue weighted by molar-refractivity contribution is 5.78. The molecular formula is C30H29N. The smallest absolute Gasteiger partial charge is 0.0464 e. The molecule has 31 heavy (non-hydrogen) atoms. The first kappa shape index (κ1) is 20.7. The zero-order chi connectivity index (χ0) is 21.8. The second-order valence-corrected chi connectivity index (χ2v) is 8.30. The van der Waals surface area contributed by atoms with Gasteiger partial charge in [-0.05, 0) is 91.9 Å². The third-order valence-electron chi connectivity index (χ3n) is 5.55. The predicted octanol–water partition coefficient (Wildman–Crippen LogP) is 8.56. The van der Waals surface area contributed by atoms with Crippen LogP contribution in [0.15, 0.2) is 91.0 Å². The average Bonchev–Trinajstić information content (AvgIpc) is 2.74. The summed E-state index contributed by atoms with van der Waals surface area (Å²) in [5.41, 5.74) is 11.1. The van der Waals surface area contributed by atoms with Crippen molar-refractivity contribution in [2.24, 2.45) is 0 Å². The van der Waals surface area contributed by atoms with E-state index in [0.717, 1.165) is 5.69 Å². The summed E-state index contributed by atoms with van der Waals surface area (Å²) < 4.78 is 0. The molecule has 0 aliphatic heterocycles. The minimum Gasteiger partial charge on any atom is -0.310 e. The fourth-order valence-corrected chi connectivity index (χ4v) is 3.91. The van der Waals surface area contributed by atoms with Crippen LogP contribution in [-0.4, -0.2) is 0 Å². The Labute approximate surface area is 186 Å². The van der Waals surface area contributed by atoms with E-state index in [1.807, 2.05) is 0 Å². The lowest BCUT2D eigenvalue weighted by Gasteiger charge is -2.26. The van der Waals surface area contributed by atoms with Crippen LogP contribution >= 0.6 is 0 Å². The molecule has 154 valence electrons. The molecule has 4 aromatic carbocycles. The van der Waals surface area contributed by atoms with Crippen molar-refractivity contribution >= 4 is 29.2 Å². The monoisotopic (exact) mass is 403 g/mol. The molecule has 0 bridgehead atoms. The number of aryl methyl sites for hydroxylation is 4. The molecule has 0 unspecified atom stereocenters. The van der Waals surface area contributed by atoms with E-state index in [1.54, 1.807) is 0 Å². The first-order valence-electron chi connectivity index (χ1n) is 10.8. The molecule has 0 N–H and O–H groups in total. The Morgan fingerprint density at radius 2 is 1.10 bits per heavy atom. The molecule has 0 aliphatic rings. The molecule has 4 aromatic rings. The van der Waals surface area contributed by atoms with Crippen molar-refractivity contribution < 1.29 is 0 Å². The molecule has 1 heteroatoms. The zero-order valence-corrected chi connectivity index (χ0v) is 18.8. The van der Waals surface area contributed by atoms with Gasteiger partial charge in [0.2, 0.25) is 0 Å². The van der Waals surface area contributed by atoms with Gasteiger partial charge in [0.1, 0.15) is 0 Å². The molecule has 0 atom stereocenters. The predicted molar refractivity (Wildman–Crippen MR) is 135 cm³/mol. The normalized spacial score (nSPS) is 11.1. The van der Waals surface area contributed by atoms with Crippen LogP contribution in [0.2, 0.25) is 0 Å². The minimum absolute atomic E-state index is 1.15. The van der Waals surface area contributed by atoms with Crippen molar-refractivity contribution in [3.63, 3.8) is 0 Å². The van der Waals surface area contributed by atoms with E-state index in [2.05, 4.69) is 136 Å². The van der Waals surface area contributed by atoms with E-state index >= 15 is 0 Å². The van der Waals surface area contributed by atoms with Gasteiger partial charge in [0, 0.05) is 17.1 Å². The van der Waals surface area contributed by atoms with Crippen molar-refractivity contribution in [2.75, 3.05) is 4.90 Å². The van der Waals surface area contributed by atoms with Crippen LogP contribution in [-0.2, 0) is 0 Å². The Hall–Kier alpha value is -3.58. The van der Waals surface area contributed by atoms with Crippen LogP contribution < -0.4 is 4.90 Å². The molecule has 0 heterocycles. The summed E-state index contributed by atoms with van der Waals surface area (Å²) in [6.07, 6.45) is 4.38. The number of rotatable bonds is 5. The highest BCUT2D eigenvalue weighted by Crippen LogP contribution is 2.35. The number of hydrogen-bond donors (Lipinski definition) is 0. The number of benzene rings is 4. The Balaban J connectivity index is 1.67. The second-order valence-electron chi connectivity index (χ2n) is 8.30. The third kappa shape index (κ3) is 4.95. The molecule has 0 radical (unpaired) electrons. The standard InChI is InChI=1S/C30H29N/c1-22-7-5-9-29(20-22)31(30-10-6-8-23(2)21-30)28-17-13-26(14-18-28)12-16-27-15-11-24(3)19-25(27)4/h5-21H,1-4H3/b16-12+. The lowest BCUT2D eigenvalue weighted by Crippen LogP contribution is -2.10. The maximum absolute atomic E-state index is 2.32. The molecule has 0 fully saturated rings. The molecule has 0 amide bonds. The fourth-order valence-electron chi connectivity index (χ4n) is 3.91. The first-order valence-corrected chi connectivity index (χ1v) is 10.8. The van der Waals surface area contributed by atoms with Crippen LogP contribution in [0.25, 0.3) is 12.2 Å². The van der Waals surface area contributed by atoms with Crippen molar-refractivity contribution in [3.8, 4) is 0 Å². The maximum Gasteiger partial charge on any atom is 0.0464 e. The molecular weight excluding hydrogens is 374 g/mol. The average molecular weight is 404 g/mol. The fraction of sp³-hybridized carbons (Fsp3) is 0.133. The number of anilines is 3. The summed E-state index contributed by atoms with van der Waals surface area (Å²) in [5, 5.41) is 0. The number of nitrogens with zero attached hydrogens (tertiary/aromatic N) is 1. The van der Waals surface area contributed by atoms with E-state index in [-0.39, 0.29) is 0 Å². The Morgan fingerprint density at radius 1 is 0.516 bits per heavy atom. The highest BCUT2D eigenvalue weighted by Gasteiger charge is 2.12. The van der Waals surface area contributed by atoms with Gasteiger partial charge in [-0.3, -0.25) is 0 Å². The Morgan fingerprint density at radius 3 is 1.65 bits per heavy atom. The third-order valence-corrected chi connectivity index (χ3v) is 5.55. The summed E-state index contributed by atoms with van der Waals surface area (Å²) in [6.45, 7) is 8.57. The van der Waals surface area contributed by atoms with E-state index < -0.39 is 0 Å². The molecule has 0 saturated heterocycles. The van der Waals surface area contributed by atoms with E-state index in [0.29, 0.717) is 0 Å². The van der Waals surface area contributed by atoms with Gasteiger partial charge in [0.25, 0.3) is 0 Å². The molecule has 0 aromatic heterocycles. The van der Waals surface area contributed by atoms with Gasteiger partial charge >= 0.3 is 0 Å². The van der Waals surface area contributed by atoms with Crippen LogP contribution in [0.3, 0.4) is 0 Å². The Bertz CT molecular complexity index is 1170. The summed E-state index contributed by atoms with van der Waals surface area (Å²) in [6, 6.07) is 32.7. The van der Waals surface area contributed by atoms with Crippen molar-refractivity contribution in [1.29, 1.82) is 0 Å². The maximum atomic E-state index is 2.32. The largest absolute Gasteiger partial charge is 0.310 e. The molecule has 1 nitrogen and oxygen atoms in total. The van der Waals surface area contributed by atoms with Crippen LogP contribution in [0.5, 0.6) is 0 Å². The first-order chi connectivity index (χ1) is 15.0. The van der Waals surface area contributed by atoms with Gasteiger partial charge in [-0.15, -0.1) is 0 Å². The molecule has 4 rings (SSSR count). The lowest BCUT2D eigenvalue weighted by atomic mass is 10.0. The summed E-state index contributed by atoms with van der Waals surface area (Å²) in [4.78, 5) is 2.32. The van der Waals surface area contributed by atoms with Crippen LogP contribution in [0, 0.1) is 27.7 Å². The highest BCUT2D eigenvalue weighted by atomic mass is 15.1. The van der Waals surface area contributed by atoms with E-state index in [4.69, 9.17) is 0 Å². The minimum atomic E-state index is 1.15. The van der Waals surface area contributed by atoms with Gasteiger partial charge in [0.15, 0.2) is 0 Å². The molecule has 0 aliphatic carbocycles. The zero-order valence-electron chi connectivity index (χ0n) is 18.8. The Kier molecular flexibility index (Phi) is 6.04. The van der Waals surface area contributed by atoms with Gasteiger partial charge in [-0.25, -0.2) is 0 Å². The van der Waals surface area contributed by atoms with Crippen molar-refractivity contribution in [2.45, 2.75) is 27.7 Å². The van der Waals surface area contributed by atoms with Crippen LogP contribution in [0.4, 0.5) is 17.1 Å². The quantitative estimate of drug-likeness (QED) is 0.302. The summed E-state index contributed by atoms with van der Waals surface area (Å²) in [5.74, 6) is 0. The van der Waals surface area contributed by atoms with E-state index in [9.17, 15) is 0 Å².